The minimum atomic E-state index is 0.547. The van der Waals surface area contributed by atoms with E-state index in [4.69, 9.17) is 20.9 Å². The number of nitrogens with zero attached hydrogens (tertiary/aromatic N) is 1. The number of hydrogen-bond donors (Lipinski definition) is 0. The van der Waals surface area contributed by atoms with E-state index in [1.54, 1.807) is 0 Å². The van der Waals surface area contributed by atoms with Gasteiger partial charge in [-0.3, -0.25) is 0 Å². The van der Waals surface area contributed by atoms with Gasteiger partial charge in [0.2, 0.25) is 0 Å². The van der Waals surface area contributed by atoms with Gasteiger partial charge in [-0.05, 0) is 66.9 Å². The van der Waals surface area contributed by atoms with Gasteiger partial charge in [-0.15, -0.1) is 0 Å². The Morgan fingerprint density at radius 2 is 1.54 bits per heavy atom. The smallest absolute Gasteiger partial charge is 0.142 e. The molecular formula is C24H20ClNO2. The topological polar surface area (TPSA) is 35.3 Å². The van der Waals surface area contributed by atoms with Gasteiger partial charge < -0.3 is 9.26 Å². The normalized spacial score (nSPS) is 10.8. The molecule has 1 aromatic heterocycles. The molecular weight excluding hydrogens is 370 g/mol. The zero-order valence-corrected chi connectivity index (χ0v) is 16.5. The second-order valence-corrected chi connectivity index (χ2v) is 7.15. The maximum Gasteiger partial charge on any atom is 0.142 e. The van der Waals surface area contributed by atoms with Crippen molar-refractivity contribution >= 4 is 11.6 Å². The molecule has 0 radical (unpaired) electrons. The second-order valence-electron chi connectivity index (χ2n) is 6.71. The summed E-state index contributed by atoms with van der Waals surface area (Å²) in [4.78, 5) is 0. The number of aryl methyl sites for hydroxylation is 2. The molecule has 0 bridgehead atoms. The first kappa shape index (κ1) is 18.3. The Morgan fingerprint density at radius 1 is 0.857 bits per heavy atom. The van der Waals surface area contributed by atoms with Crippen molar-refractivity contribution in [2.75, 3.05) is 0 Å². The Balaban J connectivity index is 1.56. The van der Waals surface area contributed by atoms with Gasteiger partial charge in [0, 0.05) is 10.6 Å². The van der Waals surface area contributed by atoms with E-state index in [0.717, 1.165) is 33.9 Å². The van der Waals surface area contributed by atoms with Crippen molar-refractivity contribution < 1.29 is 9.26 Å². The molecule has 0 saturated heterocycles. The fourth-order valence-corrected chi connectivity index (χ4v) is 3.29. The third-order valence-electron chi connectivity index (χ3n) is 4.78. The van der Waals surface area contributed by atoms with Crippen LogP contribution < -0.4 is 4.74 Å². The number of halogens is 1. The fourth-order valence-electron chi connectivity index (χ4n) is 3.17. The molecule has 1 heterocycles. The monoisotopic (exact) mass is 389 g/mol. The van der Waals surface area contributed by atoms with Crippen LogP contribution in [0.4, 0.5) is 0 Å². The zero-order valence-electron chi connectivity index (χ0n) is 15.8. The summed E-state index contributed by atoms with van der Waals surface area (Å²) in [6.45, 7) is 4.55. The van der Waals surface area contributed by atoms with Crippen molar-refractivity contribution in [1.29, 1.82) is 0 Å². The molecule has 4 aromatic rings. The van der Waals surface area contributed by atoms with E-state index >= 15 is 0 Å². The Labute approximate surface area is 169 Å². The Bertz CT molecular complexity index is 1080. The molecule has 4 heteroatoms. The quantitative estimate of drug-likeness (QED) is 0.374. The molecule has 0 spiro atoms. The first-order chi connectivity index (χ1) is 13.6. The van der Waals surface area contributed by atoms with E-state index in [1.807, 2.05) is 67.6 Å². The Kier molecular flexibility index (Phi) is 5.18. The highest BCUT2D eigenvalue weighted by molar-refractivity contribution is 6.30. The Morgan fingerprint density at radius 3 is 2.25 bits per heavy atom. The first-order valence-electron chi connectivity index (χ1n) is 9.12. The first-order valence-corrected chi connectivity index (χ1v) is 9.49. The molecule has 0 aliphatic rings. The lowest BCUT2D eigenvalue weighted by molar-refractivity contribution is 0.305. The highest BCUT2D eigenvalue weighted by atomic mass is 35.5. The lowest BCUT2D eigenvalue weighted by atomic mass is 9.99. The molecule has 140 valence electrons. The van der Waals surface area contributed by atoms with Crippen LogP contribution in [0, 0.1) is 13.8 Å². The minimum absolute atomic E-state index is 0.547. The summed E-state index contributed by atoms with van der Waals surface area (Å²) in [5.41, 5.74) is 6.20. The highest BCUT2D eigenvalue weighted by Crippen LogP contribution is 2.35. The minimum Gasteiger partial charge on any atom is -0.489 e. The van der Waals surface area contributed by atoms with E-state index in [0.29, 0.717) is 11.6 Å². The Hall–Kier alpha value is -3.04. The van der Waals surface area contributed by atoms with E-state index in [-0.39, 0.29) is 0 Å². The average Bonchev–Trinajstić information content (AvgIpc) is 3.10. The van der Waals surface area contributed by atoms with Crippen molar-refractivity contribution in [3.63, 3.8) is 0 Å². The van der Waals surface area contributed by atoms with Gasteiger partial charge in [-0.25, -0.2) is 0 Å². The standard InChI is InChI=1S/C24H20ClNO2/c1-16-5-3-4-6-20(16)15-27-22-13-9-19(10-14-22)24-23(17(2)28-26-24)18-7-11-21(25)12-8-18/h3-14H,15H2,1-2H3. The van der Waals surface area contributed by atoms with Crippen molar-refractivity contribution in [1.82, 2.24) is 5.16 Å². The number of hydrogen-bond acceptors (Lipinski definition) is 3. The van der Waals surface area contributed by atoms with Crippen LogP contribution in [0.15, 0.2) is 77.3 Å². The molecule has 4 rings (SSSR count). The highest BCUT2D eigenvalue weighted by Gasteiger charge is 2.16. The van der Waals surface area contributed by atoms with Crippen LogP contribution in [0.3, 0.4) is 0 Å². The van der Waals surface area contributed by atoms with Crippen molar-refractivity contribution in [3.05, 3.63) is 94.7 Å². The molecule has 0 amide bonds. The summed E-state index contributed by atoms with van der Waals surface area (Å²) in [7, 11) is 0. The van der Waals surface area contributed by atoms with Gasteiger partial charge in [0.05, 0.1) is 5.56 Å². The third kappa shape index (κ3) is 3.80. The van der Waals surface area contributed by atoms with Crippen LogP contribution in [-0.4, -0.2) is 5.16 Å². The molecule has 3 nitrogen and oxygen atoms in total. The summed E-state index contributed by atoms with van der Waals surface area (Å²) in [5, 5.41) is 4.97. The van der Waals surface area contributed by atoms with E-state index < -0.39 is 0 Å². The zero-order chi connectivity index (χ0) is 19.5. The van der Waals surface area contributed by atoms with Gasteiger partial charge in [-0.1, -0.05) is 53.2 Å². The van der Waals surface area contributed by atoms with Crippen LogP contribution in [0.1, 0.15) is 16.9 Å². The van der Waals surface area contributed by atoms with E-state index in [1.165, 1.54) is 11.1 Å². The maximum atomic E-state index is 6.02. The molecule has 0 atom stereocenters. The van der Waals surface area contributed by atoms with Crippen molar-refractivity contribution in [2.45, 2.75) is 20.5 Å². The summed E-state index contributed by atoms with van der Waals surface area (Å²) in [6.07, 6.45) is 0. The third-order valence-corrected chi connectivity index (χ3v) is 5.03. The van der Waals surface area contributed by atoms with Crippen LogP contribution in [0.2, 0.25) is 5.02 Å². The summed E-state index contributed by atoms with van der Waals surface area (Å²) < 4.78 is 11.4. The van der Waals surface area contributed by atoms with E-state index in [2.05, 4.69) is 24.2 Å². The van der Waals surface area contributed by atoms with Crippen molar-refractivity contribution in [3.8, 4) is 28.1 Å². The summed E-state index contributed by atoms with van der Waals surface area (Å²) in [5.74, 6) is 1.59. The summed E-state index contributed by atoms with van der Waals surface area (Å²) in [6, 6.07) is 23.9. The van der Waals surface area contributed by atoms with Gasteiger partial charge in [0.1, 0.15) is 23.8 Å². The molecule has 0 unspecified atom stereocenters. The predicted octanol–water partition coefficient (Wildman–Crippen LogP) is 6.86. The number of rotatable bonds is 5. The van der Waals surface area contributed by atoms with Crippen LogP contribution >= 0.6 is 11.6 Å². The number of ether oxygens (including phenoxy) is 1. The van der Waals surface area contributed by atoms with Crippen LogP contribution in [0.25, 0.3) is 22.4 Å². The molecule has 0 fully saturated rings. The van der Waals surface area contributed by atoms with E-state index in [9.17, 15) is 0 Å². The average molecular weight is 390 g/mol. The maximum absolute atomic E-state index is 6.02. The summed E-state index contributed by atoms with van der Waals surface area (Å²) >= 11 is 6.02. The lowest BCUT2D eigenvalue weighted by Gasteiger charge is -2.09. The second kappa shape index (κ2) is 7.91. The molecule has 0 aliphatic heterocycles. The largest absolute Gasteiger partial charge is 0.489 e. The predicted molar refractivity (Wildman–Crippen MR) is 113 cm³/mol. The van der Waals surface area contributed by atoms with Gasteiger partial charge >= 0.3 is 0 Å². The lowest BCUT2D eigenvalue weighted by Crippen LogP contribution is -1.97. The van der Waals surface area contributed by atoms with Crippen LogP contribution in [-0.2, 0) is 6.61 Å². The molecule has 0 saturated carbocycles. The van der Waals surface area contributed by atoms with Gasteiger partial charge in [0.25, 0.3) is 0 Å². The molecule has 0 aliphatic carbocycles. The molecule has 3 aromatic carbocycles. The van der Waals surface area contributed by atoms with Gasteiger partial charge in [-0.2, -0.15) is 0 Å². The van der Waals surface area contributed by atoms with Crippen LogP contribution in [0.5, 0.6) is 5.75 Å². The number of aromatic nitrogens is 1. The van der Waals surface area contributed by atoms with Gasteiger partial charge in [0.15, 0.2) is 0 Å². The molecule has 28 heavy (non-hydrogen) atoms. The van der Waals surface area contributed by atoms with Crippen molar-refractivity contribution in [2.24, 2.45) is 0 Å². The molecule has 0 N–H and O–H groups in total. The SMILES string of the molecule is Cc1ccccc1COc1ccc(-c2noc(C)c2-c2ccc(Cl)cc2)cc1. The number of benzene rings is 3. The fraction of sp³-hybridized carbons (Fsp3) is 0.125.